The molecule has 0 unspecified atom stereocenters. The monoisotopic (exact) mass is 414 g/mol. The van der Waals surface area contributed by atoms with Gasteiger partial charge in [0, 0.05) is 65.0 Å². The van der Waals surface area contributed by atoms with E-state index in [2.05, 4.69) is 44.5 Å². The van der Waals surface area contributed by atoms with Gasteiger partial charge in [0.2, 0.25) is 5.91 Å². The Bertz CT molecular complexity index is 681. The molecule has 3 rings (SSSR count). The highest BCUT2D eigenvalue weighted by atomic mass is 16.2. The number of benzene rings is 1. The average Bonchev–Trinajstić information content (AvgIpc) is 3.22. The van der Waals surface area contributed by atoms with E-state index in [1.807, 2.05) is 24.1 Å². The maximum atomic E-state index is 11.9. The fourth-order valence-corrected chi connectivity index (χ4v) is 4.12. The molecule has 2 aliphatic rings. The first-order valence-electron chi connectivity index (χ1n) is 11.5. The van der Waals surface area contributed by atoms with Crippen LogP contribution in [0.1, 0.15) is 38.2 Å². The number of hydrogen-bond donors (Lipinski definition) is 2. The lowest BCUT2D eigenvalue weighted by molar-refractivity contribution is -0.117. The number of nitrogens with zero attached hydrogens (tertiary/aromatic N) is 4. The second kappa shape index (κ2) is 11.9. The van der Waals surface area contributed by atoms with Gasteiger partial charge in [-0.15, -0.1) is 0 Å². The van der Waals surface area contributed by atoms with Gasteiger partial charge in [0.25, 0.3) is 0 Å². The molecule has 2 heterocycles. The number of carbonyl (C=O) groups excluding carboxylic acids is 1. The third kappa shape index (κ3) is 6.71. The largest absolute Gasteiger partial charge is 0.356 e. The highest BCUT2D eigenvalue weighted by Gasteiger charge is 2.21. The molecule has 30 heavy (non-hydrogen) atoms. The number of likely N-dealkylation sites (N-methyl/N-ethyl adjacent to an activating group) is 1. The predicted molar refractivity (Wildman–Crippen MR) is 124 cm³/mol. The molecule has 0 aliphatic carbocycles. The Balaban J connectivity index is 1.30. The van der Waals surface area contributed by atoms with Crippen molar-refractivity contribution < 1.29 is 4.79 Å². The number of amides is 1. The van der Waals surface area contributed by atoms with Gasteiger partial charge in [-0.25, -0.2) is 0 Å². The Kier molecular flexibility index (Phi) is 8.96. The van der Waals surface area contributed by atoms with E-state index in [0.717, 1.165) is 44.1 Å². The molecule has 0 spiro atoms. The summed E-state index contributed by atoms with van der Waals surface area (Å²) in [4.78, 5) is 23.2. The van der Waals surface area contributed by atoms with Crippen LogP contribution in [-0.2, 0) is 11.3 Å². The molecule has 0 saturated carbocycles. The molecule has 0 bridgehead atoms. The van der Waals surface area contributed by atoms with Gasteiger partial charge in [0.05, 0.1) is 0 Å². The molecule has 166 valence electrons. The second-order valence-corrected chi connectivity index (χ2v) is 8.15. The summed E-state index contributed by atoms with van der Waals surface area (Å²) in [6, 6.07) is 8.24. The number of rotatable bonds is 9. The van der Waals surface area contributed by atoms with Crippen LogP contribution in [0.15, 0.2) is 29.3 Å². The Labute approximate surface area is 181 Å². The van der Waals surface area contributed by atoms with Crippen LogP contribution < -0.4 is 15.5 Å². The lowest BCUT2D eigenvalue weighted by atomic mass is 10.2. The molecule has 2 saturated heterocycles. The molecule has 0 radical (unpaired) electrons. The van der Waals surface area contributed by atoms with Crippen LogP contribution in [0.5, 0.6) is 0 Å². The molecule has 0 atom stereocenters. The fourth-order valence-electron chi connectivity index (χ4n) is 4.12. The molecule has 0 aromatic heterocycles. The van der Waals surface area contributed by atoms with E-state index >= 15 is 0 Å². The standard InChI is InChI=1S/C23H38N6O/c1-3-27-15-17-28(18-16-27)13-5-4-12-25-23(24-2)26-19-20-8-10-21(11-9-20)29-14-6-7-22(29)30/h8-11H,3-7,12-19H2,1-2H3,(H2,24,25,26). The number of anilines is 1. The zero-order valence-electron chi connectivity index (χ0n) is 18.7. The van der Waals surface area contributed by atoms with Gasteiger partial charge in [-0.1, -0.05) is 19.1 Å². The first-order valence-corrected chi connectivity index (χ1v) is 11.5. The molecule has 7 heteroatoms. The van der Waals surface area contributed by atoms with Crippen LogP contribution >= 0.6 is 0 Å². The molecular weight excluding hydrogens is 376 g/mol. The molecule has 2 aliphatic heterocycles. The number of unbranched alkanes of at least 4 members (excludes halogenated alkanes) is 1. The van der Waals surface area contributed by atoms with E-state index in [0.29, 0.717) is 6.42 Å². The van der Waals surface area contributed by atoms with Gasteiger partial charge in [-0.3, -0.25) is 9.79 Å². The number of hydrogen-bond acceptors (Lipinski definition) is 4. The van der Waals surface area contributed by atoms with Gasteiger partial charge in [0.1, 0.15) is 0 Å². The first-order chi connectivity index (χ1) is 14.7. The van der Waals surface area contributed by atoms with Gasteiger partial charge >= 0.3 is 0 Å². The second-order valence-electron chi connectivity index (χ2n) is 8.15. The van der Waals surface area contributed by atoms with Crippen molar-refractivity contribution in [3.05, 3.63) is 29.8 Å². The Morgan fingerprint density at radius 3 is 2.37 bits per heavy atom. The maximum absolute atomic E-state index is 11.9. The number of nitrogens with one attached hydrogen (secondary N) is 2. The number of piperazine rings is 1. The van der Waals surface area contributed by atoms with Gasteiger partial charge < -0.3 is 25.3 Å². The maximum Gasteiger partial charge on any atom is 0.227 e. The van der Waals surface area contributed by atoms with E-state index in [1.54, 1.807) is 0 Å². The zero-order valence-corrected chi connectivity index (χ0v) is 18.7. The summed E-state index contributed by atoms with van der Waals surface area (Å²) in [5.74, 6) is 1.07. The van der Waals surface area contributed by atoms with Crippen molar-refractivity contribution in [1.29, 1.82) is 0 Å². The summed E-state index contributed by atoms with van der Waals surface area (Å²) in [6.45, 7) is 11.9. The molecule has 2 N–H and O–H groups in total. The van der Waals surface area contributed by atoms with Crippen LogP contribution in [0.4, 0.5) is 5.69 Å². The smallest absolute Gasteiger partial charge is 0.227 e. The van der Waals surface area contributed by atoms with Crippen molar-refractivity contribution in [2.24, 2.45) is 4.99 Å². The third-order valence-electron chi connectivity index (χ3n) is 6.11. The van der Waals surface area contributed by atoms with Crippen molar-refractivity contribution in [3.63, 3.8) is 0 Å². The summed E-state index contributed by atoms with van der Waals surface area (Å²) in [6.07, 6.45) is 3.99. The van der Waals surface area contributed by atoms with Crippen LogP contribution in [-0.4, -0.2) is 81.1 Å². The highest BCUT2D eigenvalue weighted by Crippen LogP contribution is 2.21. The first kappa shape index (κ1) is 22.6. The minimum atomic E-state index is 0.230. The average molecular weight is 415 g/mol. The summed E-state index contributed by atoms with van der Waals surface area (Å²) >= 11 is 0. The SMILES string of the molecule is CCN1CCN(CCCCNC(=NC)NCc2ccc(N3CCCC3=O)cc2)CC1. The van der Waals surface area contributed by atoms with E-state index < -0.39 is 0 Å². The van der Waals surface area contributed by atoms with Crippen molar-refractivity contribution in [2.45, 2.75) is 39.2 Å². The quantitative estimate of drug-likeness (QED) is 0.367. The number of carbonyl (C=O) groups is 1. The third-order valence-corrected chi connectivity index (χ3v) is 6.11. The molecule has 2 fully saturated rings. The molecule has 1 aromatic rings. The molecular formula is C23H38N6O. The van der Waals surface area contributed by atoms with Gasteiger partial charge in [-0.05, 0) is 50.0 Å². The highest BCUT2D eigenvalue weighted by molar-refractivity contribution is 5.95. The van der Waals surface area contributed by atoms with Crippen LogP contribution in [0.2, 0.25) is 0 Å². The minimum absolute atomic E-state index is 0.230. The van der Waals surface area contributed by atoms with E-state index in [-0.39, 0.29) is 5.91 Å². The normalized spacial score (nSPS) is 18.8. The minimum Gasteiger partial charge on any atom is -0.356 e. The number of guanidine groups is 1. The summed E-state index contributed by atoms with van der Waals surface area (Å²) in [5, 5.41) is 6.79. The van der Waals surface area contributed by atoms with Crippen molar-refractivity contribution in [3.8, 4) is 0 Å². The lowest BCUT2D eigenvalue weighted by Gasteiger charge is -2.34. The summed E-state index contributed by atoms with van der Waals surface area (Å²) < 4.78 is 0. The van der Waals surface area contributed by atoms with Crippen molar-refractivity contribution >= 4 is 17.6 Å². The number of aliphatic imine (C=N–C) groups is 1. The summed E-state index contributed by atoms with van der Waals surface area (Å²) in [5.41, 5.74) is 2.18. The zero-order chi connectivity index (χ0) is 21.2. The molecule has 1 aromatic carbocycles. The van der Waals surface area contributed by atoms with Crippen LogP contribution in [0, 0.1) is 0 Å². The molecule has 7 nitrogen and oxygen atoms in total. The van der Waals surface area contributed by atoms with E-state index in [9.17, 15) is 4.79 Å². The van der Waals surface area contributed by atoms with E-state index in [1.165, 1.54) is 51.3 Å². The van der Waals surface area contributed by atoms with Crippen molar-refractivity contribution in [2.75, 3.05) is 64.3 Å². The van der Waals surface area contributed by atoms with Crippen LogP contribution in [0.3, 0.4) is 0 Å². The van der Waals surface area contributed by atoms with Crippen molar-refractivity contribution in [1.82, 2.24) is 20.4 Å². The fraction of sp³-hybridized carbons (Fsp3) is 0.652. The van der Waals surface area contributed by atoms with Crippen LogP contribution in [0.25, 0.3) is 0 Å². The predicted octanol–water partition coefficient (Wildman–Crippen LogP) is 1.90. The van der Waals surface area contributed by atoms with Gasteiger partial charge in [0.15, 0.2) is 5.96 Å². The van der Waals surface area contributed by atoms with E-state index in [4.69, 9.17) is 0 Å². The Morgan fingerprint density at radius 2 is 1.73 bits per heavy atom. The Morgan fingerprint density at radius 1 is 1.00 bits per heavy atom. The Hall–Kier alpha value is -2.12. The summed E-state index contributed by atoms with van der Waals surface area (Å²) in [7, 11) is 1.81. The van der Waals surface area contributed by atoms with Gasteiger partial charge in [-0.2, -0.15) is 0 Å². The lowest BCUT2D eigenvalue weighted by Crippen LogP contribution is -2.46. The topological polar surface area (TPSA) is 63.2 Å². The molecule has 1 amide bonds.